The van der Waals surface area contributed by atoms with Crippen LogP contribution in [0.3, 0.4) is 0 Å². The molecule has 59 heavy (non-hydrogen) atoms. The number of fused-ring (bicyclic) bond motifs is 4. The Morgan fingerprint density at radius 3 is 1.41 bits per heavy atom. The van der Waals surface area contributed by atoms with E-state index in [1.54, 1.807) is 0 Å². The molecular formula is C57H38N2. The number of hydrogen-bond acceptors (Lipinski definition) is 2. The quantitative estimate of drug-likeness (QED) is 0.162. The van der Waals surface area contributed by atoms with Gasteiger partial charge < -0.3 is 0 Å². The predicted octanol–water partition coefficient (Wildman–Crippen LogP) is 14.3. The third-order valence-electron chi connectivity index (χ3n) is 12.0. The van der Waals surface area contributed by atoms with Gasteiger partial charge in [0.15, 0.2) is 5.82 Å². The first-order valence-electron chi connectivity index (χ1n) is 20.2. The Morgan fingerprint density at radius 2 is 0.729 bits per heavy atom. The Hall–Kier alpha value is -7.68. The molecule has 0 saturated carbocycles. The lowest BCUT2D eigenvalue weighted by Gasteiger charge is -2.34. The fourth-order valence-corrected chi connectivity index (χ4v) is 9.30. The van der Waals surface area contributed by atoms with Crippen LogP contribution in [0.15, 0.2) is 231 Å². The van der Waals surface area contributed by atoms with Gasteiger partial charge in [-0.15, -0.1) is 0 Å². The zero-order chi connectivity index (χ0) is 39.2. The fraction of sp³-hybridized carbons (Fsp3) is 0.0175. The summed E-state index contributed by atoms with van der Waals surface area (Å²) in [5, 5.41) is 2.33. The second-order valence-electron chi connectivity index (χ2n) is 15.3. The van der Waals surface area contributed by atoms with Gasteiger partial charge in [-0.05, 0) is 78.5 Å². The number of aromatic nitrogens is 2. The topological polar surface area (TPSA) is 25.8 Å². The smallest absolute Gasteiger partial charge is 0.160 e. The standard InChI is InChI=1S/C57H38N2/c1-5-17-39(18-6-1)40-29-31-42(32-30-40)56-58-54(41-19-7-2-8-20-41)38-55(59-56)51-36-35-46(47-25-13-14-26-48(47)51)43-33-34-50-49-27-15-16-28-52(49)57(53(50)37-43,44-21-9-3-10-22-44)45-23-11-4-12-24-45/h1-38H. The lowest BCUT2D eigenvalue weighted by molar-refractivity contribution is 0.769. The second kappa shape index (κ2) is 14.4. The van der Waals surface area contributed by atoms with Crippen LogP contribution in [0.1, 0.15) is 22.3 Å². The van der Waals surface area contributed by atoms with Gasteiger partial charge in [-0.25, -0.2) is 9.97 Å². The van der Waals surface area contributed by atoms with E-state index in [9.17, 15) is 0 Å². The molecule has 0 aliphatic heterocycles. The molecule has 0 fully saturated rings. The van der Waals surface area contributed by atoms with Crippen LogP contribution >= 0.6 is 0 Å². The van der Waals surface area contributed by atoms with Gasteiger partial charge >= 0.3 is 0 Å². The maximum absolute atomic E-state index is 5.30. The van der Waals surface area contributed by atoms with E-state index >= 15 is 0 Å². The predicted molar refractivity (Wildman–Crippen MR) is 244 cm³/mol. The third kappa shape index (κ3) is 5.80. The summed E-state index contributed by atoms with van der Waals surface area (Å²) in [5.41, 5.74) is 16.8. The molecule has 0 spiro atoms. The van der Waals surface area contributed by atoms with Crippen molar-refractivity contribution in [1.29, 1.82) is 0 Å². The maximum Gasteiger partial charge on any atom is 0.160 e. The third-order valence-corrected chi connectivity index (χ3v) is 12.0. The molecular weight excluding hydrogens is 713 g/mol. The Labute approximate surface area is 344 Å². The molecule has 9 aromatic carbocycles. The number of benzene rings is 9. The highest BCUT2D eigenvalue weighted by atomic mass is 14.9. The van der Waals surface area contributed by atoms with E-state index in [-0.39, 0.29) is 0 Å². The van der Waals surface area contributed by atoms with Gasteiger partial charge in [0, 0.05) is 16.7 Å². The van der Waals surface area contributed by atoms with Crippen LogP contribution in [-0.4, -0.2) is 9.97 Å². The van der Waals surface area contributed by atoms with E-state index in [1.165, 1.54) is 55.5 Å². The highest BCUT2D eigenvalue weighted by Gasteiger charge is 2.46. The SMILES string of the molecule is c1ccc(-c2ccc(-c3nc(-c4ccccc4)cc(-c4ccc(-c5ccc6c(c5)C(c5ccccc5)(c5ccccc5)c5ccccc5-6)c5ccccc45)n3)cc2)cc1. The molecule has 0 N–H and O–H groups in total. The number of hydrogen-bond donors (Lipinski definition) is 0. The summed E-state index contributed by atoms with van der Waals surface area (Å²) < 4.78 is 0. The van der Waals surface area contributed by atoms with E-state index < -0.39 is 5.41 Å². The van der Waals surface area contributed by atoms with Crippen LogP contribution in [0.4, 0.5) is 0 Å². The first-order valence-corrected chi connectivity index (χ1v) is 20.2. The molecule has 11 rings (SSSR count). The van der Waals surface area contributed by atoms with Crippen LogP contribution in [0, 0.1) is 0 Å². The van der Waals surface area contributed by atoms with Gasteiger partial charge in [0.2, 0.25) is 0 Å². The summed E-state index contributed by atoms with van der Waals surface area (Å²) in [7, 11) is 0. The Kier molecular flexibility index (Phi) is 8.41. The zero-order valence-corrected chi connectivity index (χ0v) is 32.3. The van der Waals surface area contributed by atoms with Crippen LogP contribution in [0.2, 0.25) is 0 Å². The van der Waals surface area contributed by atoms with E-state index in [4.69, 9.17) is 9.97 Å². The van der Waals surface area contributed by atoms with E-state index in [2.05, 4.69) is 218 Å². The van der Waals surface area contributed by atoms with E-state index in [0.717, 1.165) is 39.0 Å². The molecule has 1 aliphatic carbocycles. The highest BCUT2D eigenvalue weighted by Crippen LogP contribution is 2.57. The van der Waals surface area contributed by atoms with Crippen LogP contribution in [-0.2, 0) is 5.41 Å². The summed E-state index contributed by atoms with van der Waals surface area (Å²) in [4.78, 5) is 10.4. The van der Waals surface area contributed by atoms with Crippen LogP contribution in [0.25, 0.3) is 78.1 Å². The summed E-state index contributed by atoms with van der Waals surface area (Å²) in [6.07, 6.45) is 0. The molecule has 2 nitrogen and oxygen atoms in total. The second-order valence-corrected chi connectivity index (χ2v) is 15.3. The summed E-state index contributed by atoms with van der Waals surface area (Å²) in [6, 6.07) is 82.9. The number of nitrogens with zero attached hydrogens (tertiary/aromatic N) is 2. The monoisotopic (exact) mass is 750 g/mol. The zero-order valence-electron chi connectivity index (χ0n) is 32.3. The Balaban J connectivity index is 1.08. The largest absolute Gasteiger partial charge is 0.228 e. The van der Waals surface area contributed by atoms with Crippen molar-refractivity contribution in [3.8, 4) is 67.3 Å². The molecule has 1 aromatic heterocycles. The minimum absolute atomic E-state index is 0.468. The van der Waals surface area contributed by atoms with Crippen molar-refractivity contribution in [1.82, 2.24) is 9.97 Å². The lowest BCUT2D eigenvalue weighted by atomic mass is 9.67. The molecule has 2 heteroatoms. The molecule has 1 heterocycles. The maximum atomic E-state index is 5.30. The van der Waals surface area contributed by atoms with Crippen molar-refractivity contribution < 1.29 is 0 Å². The molecule has 0 radical (unpaired) electrons. The first-order chi connectivity index (χ1) is 29.3. The molecule has 276 valence electrons. The molecule has 1 aliphatic rings. The average molecular weight is 751 g/mol. The summed E-state index contributed by atoms with van der Waals surface area (Å²) in [5.74, 6) is 0.700. The summed E-state index contributed by atoms with van der Waals surface area (Å²) in [6.45, 7) is 0. The average Bonchev–Trinajstić information content (AvgIpc) is 3.62. The first kappa shape index (κ1) is 34.6. The van der Waals surface area contributed by atoms with Crippen molar-refractivity contribution in [2.45, 2.75) is 5.41 Å². The fourth-order valence-electron chi connectivity index (χ4n) is 9.30. The van der Waals surface area contributed by atoms with Crippen molar-refractivity contribution in [3.63, 3.8) is 0 Å². The molecule has 0 atom stereocenters. The highest BCUT2D eigenvalue weighted by molar-refractivity contribution is 6.05. The van der Waals surface area contributed by atoms with Crippen LogP contribution < -0.4 is 0 Å². The van der Waals surface area contributed by atoms with Gasteiger partial charge in [0.25, 0.3) is 0 Å². The molecule has 0 saturated heterocycles. The van der Waals surface area contributed by atoms with Gasteiger partial charge in [-0.2, -0.15) is 0 Å². The van der Waals surface area contributed by atoms with E-state index in [0.29, 0.717) is 5.82 Å². The van der Waals surface area contributed by atoms with Crippen molar-refractivity contribution >= 4 is 10.8 Å². The molecule has 0 bridgehead atoms. The van der Waals surface area contributed by atoms with Gasteiger partial charge in [0.1, 0.15) is 0 Å². The van der Waals surface area contributed by atoms with Crippen LogP contribution in [0.5, 0.6) is 0 Å². The van der Waals surface area contributed by atoms with Crippen molar-refractivity contribution in [2.75, 3.05) is 0 Å². The van der Waals surface area contributed by atoms with Gasteiger partial charge in [-0.1, -0.05) is 218 Å². The Bertz CT molecular complexity index is 3080. The van der Waals surface area contributed by atoms with E-state index in [1.807, 2.05) is 12.1 Å². The van der Waals surface area contributed by atoms with Gasteiger partial charge in [0.05, 0.1) is 16.8 Å². The summed E-state index contributed by atoms with van der Waals surface area (Å²) >= 11 is 0. The molecule has 0 amide bonds. The number of rotatable bonds is 7. The van der Waals surface area contributed by atoms with Crippen molar-refractivity contribution in [2.24, 2.45) is 0 Å². The normalized spacial score (nSPS) is 12.5. The minimum atomic E-state index is -0.468. The minimum Gasteiger partial charge on any atom is -0.228 e. The Morgan fingerprint density at radius 1 is 0.271 bits per heavy atom. The molecule has 10 aromatic rings. The van der Waals surface area contributed by atoms with Gasteiger partial charge in [-0.3, -0.25) is 0 Å². The molecule has 0 unspecified atom stereocenters. The van der Waals surface area contributed by atoms with Crippen molar-refractivity contribution in [3.05, 3.63) is 253 Å². The lowest BCUT2D eigenvalue weighted by Crippen LogP contribution is -2.28.